The molecule has 0 amide bonds. The predicted octanol–water partition coefficient (Wildman–Crippen LogP) is 5.23. The number of ether oxygens (including phenoxy) is 2. The van der Waals surface area contributed by atoms with Crippen LogP contribution in [0.25, 0.3) is 0 Å². The van der Waals surface area contributed by atoms with Gasteiger partial charge in [0.05, 0.1) is 17.3 Å². The molecule has 0 radical (unpaired) electrons. The van der Waals surface area contributed by atoms with Gasteiger partial charge in [-0.15, -0.1) is 23.5 Å². The summed E-state index contributed by atoms with van der Waals surface area (Å²) in [7, 11) is 0. The molecule has 0 aliphatic carbocycles. The van der Waals surface area contributed by atoms with Crippen molar-refractivity contribution in [3.05, 3.63) is 53.0 Å². The number of thioether (sulfide) groups is 2. The molecule has 1 aromatic carbocycles. The Bertz CT molecular complexity index is 901. The Labute approximate surface area is 181 Å². The lowest BCUT2D eigenvalue weighted by Gasteiger charge is -2.37. The third kappa shape index (κ3) is 5.34. The molecule has 0 N–H and O–H groups in total. The smallest absolute Gasteiger partial charge is 0.313 e. The number of rotatable bonds is 7. The predicted molar refractivity (Wildman–Crippen MR) is 120 cm³/mol. The Balaban J connectivity index is 1.82. The fraction of sp³-hybridized carbons (Fsp3) is 0.435. The maximum atomic E-state index is 11.6. The molecule has 6 heteroatoms. The van der Waals surface area contributed by atoms with Gasteiger partial charge in [-0.2, -0.15) is 0 Å². The van der Waals surface area contributed by atoms with Crippen LogP contribution in [0.3, 0.4) is 0 Å². The summed E-state index contributed by atoms with van der Waals surface area (Å²) >= 11 is 3.95. The number of carbonyl (C=O) groups excluding carboxylic acids is 1. The molecule has 2 aromatic rings. The Morgan fingerprint density at radius 3 is 2.66 bits per heavy atom. The standard InChI is InChI=1S/C23H26O4S2/c1-4-25-22(24)16-19-11-10-18(27-19)9-7-17-8-12-21-20(15-17)23(28-5-2,29-6-3)13-14-26-21/h8,10-12,15H,4-6,13-14,16H2,1-3H3. The van der Waals surface area contributed by atoms with Crippen molar-refractivity contribution in [3.63, 3.8) is 0 Å². The summed E-state index contributed by atoms with van der Waals surface area (Å²) in [6.07, 6.45) is 1.11. The Hall–Kier alpha value is -1.97. The highest BCUT2D eigenvalue weighted by Gasteiger charge is 2.38. The van der Waals surface area contributed by atoms with Crippen LogP contribution in [0, 0.1) is 11.8 Å². The van der Waals surface area contributed by atoms with Gasteiger partial charge in [-0.1, -0.05) is 19.8 Å². The molecule has 0 fully saturated rings. The van der Waals surface area contributed by atoms with Crippen molar-refractivity contribution in [2.75, 3.05) is 24.7 Å². The first-order chi connectivity index (χ1) is 14.1. The average molecular weight is 431 g/mol. The van der Waals surface area contributed by atoms with Gasteiger partial charge in [-0.3, -0.25) is 4.79 Å². The van der Waals surface area contributed by atoms with Crippen LogP contribution in [0.2, 0.25) is 0 Å². The minimum atomic E-state index is -0.297. The second-order valence-corrected chi connectivity index (χ2v) is 9.81. The zero-order valence-corrected chi connectivity index (χ0v) is 18.7. The molecule has 3 rings (SSSR count). The monoisotopic (exact) mass is 430 g/mol. The number of carbonyl (C=O) groups is 1. The zero-order valence-electron chi connectivity index (χ0n) is 17.1. The minimum absolute atomic E-state index is 0.0201. The van der Waals surface area contributed by atoms with Crippen LogP contribution in [-0.2, 0) is 20.0 Å². The second kappa shape index (κ2) is 10.2. The Morgan fingerprint density at radius 1 is 1.14 bits per heavy atom. The summed E-state index contributed by atoms with van der Waals surface area (Å²) in [5, 5.41) is 0. The highest BCUT2D eigenvalue weighted by molar-refractivity contribution is 8.17. The van der Waals surface area contributed by atoms with Crippen molar-refractivity contribution >= 4 is 29.5 Å². The van der Waals surface area contributed by atoms with Crippen LogP contribution in [0.1, 0.15) is 49.8 Å². The fourth-order valence-electron chi connectivity index (χ4n) is 3.30. The van der Waals surface area contributed by atoms with E-state index in [9.17, 15) is 4.79 Å². The van der Waals surface area contributed by atoms with Gasteiger partial charge in [0.15, 0.2) is 5.76 Å². The van der Waals surface area contributed by atoms with Gasteiger partial charge in [0.1, 0.15) is 17.9 Å². The van der Waals surface area contributed by atoms with Crippen LogP contribution < -0.4 is 4.74 Å². The summed E-state index contributed by atoms with van der Waals surface area (Å²) in [4.78, 5) is 11.6. The van der Waals surface area contributed by atoms with Crippen LogP contribution >= 0.6 is 23.5 Å². The molecule has 1 aromatic heterocycles. The van der Waals surface area contributed by atoms with E-state index in [1.54, 1.807) is 19.1 Å². The van der Waals surface area contributed by atoms with Crippen molar-refractivity contribution < 1.29 is 18.7 Å². The fourth-order valence-corrected chi connectivity index (χ4v) is 6.36. The number of hydrogen-bond acceptors (Lipinski definition) is 6. The Morgan fingerprint density at radius 2 is 1.93 bits per heavy atom. The number of hydrogen-bond donors (Lipinski definition) is 0. The van der Waals surface area contributed by atoms with Crippen LogP contribution in [-0.4, -0.2) is 30.7 Å². The quantitative estimate of drug-likeness (QED) is 0.341. The molecule has 0 unspecified atom stereocenters. The lowest BCUT2D eigenvalue weighted by molar-refractivity contribution is -0.142. The van der Waals surface area contributed by atoms with Gasteiger partial charge in [0.2, 0.25) is 0 Å². The third-order valence-electron chi connectivity index (χ3n) is 4.45. The first kappa shape index (κ1) is 21.7. The lowest BCUT2D eigenvalue weighted by Crippen LogP contribution is -2.27. The lowest BCUT2D eigenvalue weighted by atomic mass is 10.0. The summed E-state index contributed by atoms with van der Waals surface area (Å²) in [6.45, 7) is 7.29. The molecule has 0 saturated heterocycles. The van der Waals surface area contributed by atoms with Gasteiger partial charge in [0, 0.05) is 17.5 Å². The van der Waals surface area contributed by atoms with E-state index >= 15 is 0 Å². The largest absolute Gasteiger partial charge is 0.493 e. The van der Waals surface area contributed by atoms with Gasteiger partial charge in [0.25, 0.3) is 0 Å². The first-order valence-electron chi connectivity index (χ1n) is 9.91. The third-order valence-corrected chi connectivity index (χ3v) is 7.51. The number of fused-ring (bicyclic) bond motifs is 1. The van der Waals surface area contributed by atoms with E-state index < -0.39 is 0 Å². The maximum absolute atomic E-state index is 11.6. The van der Waals surface area contributed by atoms with E-state index in [1.807, 2.05) is 35.7 Å². The molecule has 4 nitrogen and oxygen atoms in total. The van der Waals surface area contributed by atoms with Gasteiger partial charge in [-0.05, 0) is 54.7 Å². The highest BCUT2D eigenvalue weighted by Crippen LogP contribution is 2.54. The topological polar surface area (TPSA) is 48.7 Å². The van der Waals surface area contributed by atoms with E-state index in [0.717, 1.165) is 35.8 Å². The minimum Gasteiger partial charge on any atom is -0.493 e. The first-order valence-corrected chi connectivity index (χ1v) is 11.9. The zero-order chi connectivity index (χ0) is 20.7. The maximum Gasteiger partial charge on any atom is 0.313 e. The van der Waals surface area contributed by atoms with E-state index in [2.05, 4.69) is 31.8 Å². The molecular weight excluding hydrogens is 404 g/mol. The van der Waals surface area contributed by atoms with Gasteiger partial charge in [-0.25, -0.2) is 0 Å². The SMILES string of the molecule is CCOC(=O)Cc1ccc(C#Cc2ccc3c(c2)C(SCC)(SCC)CCO3)o1. The number of furan rings is 1. The average Bonchev–Trinajstić information content (AvgIpc) is 3.14. The molecule has 0 bridgehead atoms. The molecule has 1 aliphatic heterocycles. The van der Waals surface area contributed by atoms with Gasteiger partial charge >= 0.3 is 5.97 Å². The van der Waals surface area contributed by atoms with Crippen LogP contribution in [0.5, 0.6) is 5.75 Å². The number of benzene rings is 1. The summed E-state index contributed by atoms with van der Waals surface area (Å²) in [6, 6.07) is 9.70. The summed E-state index contributed by atoms with van der Waals surface area (Å²) < 4.78 is 16.5. The van der Waals surface area contributed by atoms with Crippen LogP contribution in [0.15, 0.2) is 34.7 Å². The van der Waals surface area contributed by atoms with Crippen molar-refractivity contribution in [3.8, 4) is 17.6 Å². The number of esters is 1. The van der Waals surface area contributed by atoms with Gasteiger partial charge < -0.3 is 13.9 Å². The second-order valence-electron chi connectivity index (χ2n) is 6.43. The van der Waals surface area contributed by atoms with E-state index in [0.29, 0.717) is 18.1 Å². The van der Waals surface area contributed by atoms with E-state index in [1.165, 1.54) is 5.56 Å². The van der Waals surface area contributed by atoms with E-state index in [4.69, 9.17) is 13.9 Å². The molecule has 1 aliphatic rings. The molecular formula is C23H26O4S2. The molecule has 0 atom stereocenters. The van der Waals surface area contributed by atoms with Crippen molar-refractivity contribution in [1.29, 1.82) is 0 Å². The van der Waals surface area contributed by atoms with E-state index in [-0.39, 0.29) is 16.5 Å². The van der Waals surface area contributed by atoms with Crippen molar-refractivity contribution in [1.82, 2.24) is 0 Å². The van der Waals surface area contributed by atoms with Crippen molar-refractivity contribution in [2.24, 2.45) is 0 Å². The van der Waals surface area contributed by atoms with Crippen molar-refractivity contribution in [2.45, 2.75) is 37.7 Å². The highest BCUT2D eigenvalue weighted by atomic mass is 32.2. The molecule has 29 heavy (non-hydrogen) atoms. The summed E-state index contributed by atoms with van der Waals surface area (Å²) in [5.74, 6) is 10.1. The molecule has 0 spiro atoms. The van der Waals surface area contributed by atoms with Crippen LogP contribution in [0.4, 0.5) is 0 Å². The summed E-state index contributed by atoms with van der Waals surface area (Å²) in [5.41, 5.74) is 2.15. The normalized spacial score (nSPS) is 14.3. The Kier molecular flexibility index (Phi) is 7.63. The molecule has 154 valence electrons. The molecule has 2 heterocycles. The molecule has 0 saturated carbocycles.